The van der Waals surface area contributed by atoms with E-state index >= 15 is 0 Å². The van der Waals surface area contributed by atoms with Gasteiger partial charge in [-0.2, -0.15) is 5.26 Å². The second-order valence-corrected chi connectivity index (χ2v) is 5.98. The highest BCUT2D eigenvalue weighted by Gasteiger charge is 2.27. The second-order valence-electron chi connectivity index (χ2n) is 5.98. The van der Waals surface area contributed by atoms with E-state index in [1.54, 1.807) is 0 Å². The van der Waals surface area contributed by atoms with Gasteiger partial charge in [0.15, 0.2) is 0 Å². The highest BCUT2D eigenvalue weighted by Crippen LogP contribution is 2.33. The van der Waals surface area contributed by atoms with Crippen molar-refractivity contribution in [3.05, 3.63) is 74.9 Å². The standard InChI is InChI=1S/C18H14N4O3/c19-8-13-9-21(15-6-7-15)18(24)22(17(13)23)10-14-11-25-16(20-14)12-4-2-1-3-5-12/h1-5,9,11,15H,6-7,10H2. The fourth-order valence-electron chi connectivity index (χ4n) is 2.71. The van der Waals surface area contributed by atoms with Crippen LogP contribution in [-0.4, -0.2) is 14.1 Å². The van der Waals surface area contributed by atoms with Gasteiger partial charge in [-0.05, 0) is 25.0 Å². The first kappa shape index (κ1) is 15.1. The molecular formula is C18H14N4O3. The van der Waals surface area contributed by atoms with E-state index in [1.807, 2.05) is 36.4 Å². The van der Waals surface area contributed by atoms with Gasteiger partial charge in [0.05, 0.1) is 12.2 Å². The summed E-state index contributed by atoms with van der Waals surface area (Å²) >= 11 is 0. The average Bonchev–Trinajstić information content (AvgIpc) is 3.37. The summed E-state index contributed by atoms with van der Waals surface area (Å²) in [6.07, 6.45) is 4.54. The number of benzene rings is 1. The minimum atomic E-state index is -0.603. The molecule has 0 spiro atoms. The molecule has 1 aliphatic rings. The van der Waals surface area contributed by atoms with E-state index in [1.165, 1.54) is 17.0 Å². The summed E-state index contributed by atoms with van der Waals surface area (Å²) < 4.78 is 7.96. The molecule has 2 heterocycles. The normalized spacial score (nSPS) is 13.6. The third kappa shape index (κ3) is 2.78. The fraction of sp³-hybridized carbons (Fsp3) is 0.222. The van der Waals surface area contributed by atoms with Crippen molar-refractivity contribution in [1.82, 2.24) is 14.1 Å². The molecule has 0 N–H and O–H groups in total. The molecule has 0 amide bonds. The topological polar surface area (TPSA) is 93.8 Å². The molecule has 0 atom stereocenters. The Kier molecular flexibility index (Phi) is 3.58. The van der Waals surface area contributed by atoms with E-state index in [9.17, 15) is 9.59 Å². The zero-order chi connectivity index (χ0) is 17.4. The summed E-state index contributed by atoms with van der Waals surface area (Å²) in [5.74, 6) is 0.419. The molecule has 1 aromatic carbocycles. The van der Waals surface area contributed by atoms with E-state index in [2.05, 4.69) is 4.98 Å². The van der Waals surface area contributed by atoms with Gasteiger partial charge in [-0.15, -0.1) is 0 Å². The van der Waals surface area contributed by atoms with Crippen molar-refractivity contribution in [2.24, 2.45) is 0 Å². The first-order valence-electron chi connectivity index (χ1n) is 7.93. The highest BCUT2D eigenvalue weighted by atomic mass is 16.3. The molecule has 7 nitrogen and oxygen atoms in total. The molecule has 0 bridgehead atoms. The van der Waals surface area contributed by atoms with Gasteiger partial charge < -0.3 is 4.42 Å². The lowest BCUT2D eigenvalue weighted by Gasteiger charge is -2.08. The van der Waals surface area contributed by atoms with Crippen molar-refractivity contribution in [1.29, 1.82) is 5.26 Å². The maximum absolute atomic E-state index is 12.6. The molecule has 1 fully saturated rings. The van der Waals surface area contributed by atoms with Crippen LogP contribution in [0.25, 0.3) is 11.5 Å². The first-order chi connectivity index (χ1) is 12.2. The quantitative estimate of drug-likeness (QED) is 0.726. The van der Waals surface area contributed by atoms with E-state index in [0.717, 1.165) is 23.0 Å². The van der Waals surface area contributed by atoms with Crippen LogP contribution in [-0.2, 0) is 6.54 Å². The van der Waals surface area contributed by atoms with Gasteiger partial charge in [0, 0.05) is 17.8 Å². The highest BCUT2D eigenvalue weighted by molar-refractivity contribution is 5.52. The van der Waals surface area contributed by atoms with Gasteiger partial charge in [-0.25, -0.2) is 9.78 Å². The largest absolute Gasteiger partial charge is 0.444 e. The molecule has 3 aromatic rings. The fourth-order valence-corrected chi connectivity index (χ4v) is 2.71. The van der Waals surface area contributed by atoms with Crippen LogP contribution in [0.3, 0.4) is 0 Å². The van der Waals surface area contributed by atoms with E-state index in [4.69, 9.17) is 9.68 Å². The summed E-state index contributed by atoms with van der Waals surface area (Å²) in [5, 5.41) is 9.17. The SMILES string of the molecule is N#Cc1cn(C2CC2)c(=O)n(Cc2coc(-c3ccccc3)n2)c1=O. The summed E-state index contributed by atoms with van der Waals surface area (Å²) in [6.45, 7) is -0.0315. The molecule has 25 heavy (non-hydrogen) atoms. The minimum absolute atomic E-state index is 0.0315. The maximum atomic E-state index is 12.6. The predicted octanol–water partition coefficient (Wildman–Crippen LogP) is 1.92. The Bertz CT molecular complexity index is 1080. The van der Waals surface area contributed by atoms with Gasteiger partial charge in [-0.1, -0.05) is 18.2 Å². The summed E-state index contributed by atoms with van der Waals surface area (Å²) in [6, 6.07) is 11.3. The number of nitriles is 1. The Balaban J connectivity index is 1.73. The third-order valence-corrected chi connectivity index (χ3v) is 4.15. The van der Waals surface area contributed by atoms with Crippen LogP contribution in [0.15, 0.2) is 56.8 Å². The van der Waals surface area contributed by atoms with Crippen LogP contribution in [0.2, 0.25) is 0 Å². The molecular weight excluding hydrogens is 320 g/mol. The summed E-state index contributed by atoms with van der Waals surface area (Å²) in [5.41, 5.74) is 0.195. The number of oxazole rings is 1. The Morgan fingerprint density at radius 3 is 2.68 bits per heavy atom. The summed E-state index contributed by atoms with van der Waals surface area (Å²) in [7, 11) is 0. The number of hydrogen-bond donors (Lipinski definition) is 0. The number of rotatable bonds is 4. The van der Waals surface area contributed by atoms with Gasteiger partial charge >= 0.3 is 5.69 Å². The molecule has 1 saturated carbocycles. The Morgan fingerprint density at radius 2 is 2.00 bits per heavy atom. The zero-order valence-corrected chi connectivity index (χ0v) is 13.3. The number of aromatic nitrogens is 3. The lowest BCUT2D eigenvalue weighted by molar-refractivity contribution is 0.563. The third-order valence-electron chi connectivity index (χ3n) is 4.15. The zero-order valence-electron chi connectivity index (χ0n) is 13.3. The Morgan fingerprint density at radius 1 is 1.24 bits per heavy atom. The van der Waals surface area contributed by atoms with Crippen molar-refractivity contribution in [3.8, 4) is 17.5 Å². The molecule has 2 aromatic heterocycles. The molecule has 0 aliphatic heterocycles. The molecule has 0 radical (unpaired) electrons. The molecule has 7 heteroatoms. The van der Waals surface area contributed by atoms with Gasteiger partial charge in [-0.3, -0.25) is 13.9 Å². The average molecular weight is 334 g/mol. The van der Waals surface area contributed by atoms with Crippen LogP contribution in [0, 0.1) is 11.3 Å². The van der Waals surface area contributed by atoms with E-state index < -0.39 is 11.2 Å². The van der Waals surface area contributed by atoms with Crippen molar-refractivity contribution in [2.45, 2.75) is 25.4 Å². The van der Waals surface area contributed by atoms with Crippen LogP contribution in [0.5, 0.6) is 0 Å². The molecule has 124 valence electrons. The van der Waals surface area contributed by atoms with Crippen LogP contribution >= 0.6 is 0 Å². The second kappa shape index (κ2) is 5.91. The molecule has 4 rings (SSSR count). The predicted molar refractivity (Wildman–Crippen MR) is 89.0 cm³/mol. The minimum Gasteiger partial charge on any atom is -0.444 e. The van der Waals surface area contributed by atoms with Crippen molar-refractivity contribution < 1.29 is 4.42 Å². The van der Waals surface area contributed by atoms with E-state index in [-0.39, 0.29) is 18.2 Å². The monoisotopic (exact) mass is 334 g/mol. The number of nitrogens with zero attached hydrogens (tertiary/aromatic N) is 4. The number of hydrogen-bond acceptors (Lipinski definition) is 5. The smallest absolute Gasteiger partial charge is 0.331 e. The van der Waals surface area contributed by atoms with Crippen molar-refractivity contribution in [2.75, 3.05) is 0 Å². The van der Waals surface area contributed by atoms with Gasteiger partial charge in [0.2, 0.25) is 5.89 Å². The van der Waals surface area contributed by atoms with E-state index in [0.29, 0.717) is 11.6 Å². The lowest BCUT2D eigenvalue weighted by atomic mass is 10.2. The molecule has 0 saturated heterocycles. The summed E-state index contributed by atoms with van der Waals surface area (Å²) in [4.78, 5) is 29.3. The Hall–Kier alpha value is -3.40. The lowest BCUT2D eigenvalue weighted by Crippen LogP contribution is -2.41. The van der Waals surface area contributed by atoms with Gasteiger partial charge in [0.25, 0.3) is 5.56 Å². The Labute approximate surface area is 142 Å². The molecule has 1 aliphatic carbocycles. The maximum Gasteiger partial charge on any atom is 0.331 e. The van der Waals surface area contributed by atoms with Crippen LogP contribution in [0.4, 0.5) is 0 Å². The van der Waals surface area contributed by atoms with Crippen molar-refractivity contribution in [3.63, 3.8) is 0 Å². The first-order valence-corrected chi connectivity index (χ1v) is 7.93. The van der Waals surface area contributed by atoms with Crippen molar-refractivity contribution >= 4 is 0 Å². The van der Waals surface area contributed by atoms with Crippen LogP contribution < -0.4 is 11.2 Å². The van der Waals surface area contributed by atoms with Gasteiger partial charge in [0.1, 0.15) is 17.9 Å². The van der Waals surface area contributed by atoms with Crippen LogP contribution in [0.1, 0.15) is 30.1 Å². The molecule has 0 unspecified atom stereocenters.